The standard InChI is InChI=1S/C25H32N8O3/c1-4-5-12-31-23-22(24(35)30-25(31)36)32(14-17(2)3)20(29-23)10-11-21(34)27-13-18-6-8-19(9-7-18)33-16-26-15-28-33/h6-9,15-17H,4-5,10-14H2,1-3H3,(H,27,34)(H,30,35,36). The highest BCUT2D eigenvalue weighted by Crippen LogP contribution is 2.16. The molecule has 3 heterocycles. The first-order valence-electron chi connectivity index (χ1n) is 12.3. The molecule has 1 amide bonds. The molecule has 0 aliphatic heterocycles. The van der Waals surface area contributed by atoms with Crippen LogP contribution in [0.2, 0.25) is 0 Å². The average Bonchev–Trinajstić information content (AvgIpc) is 3.50. The molecule has 4 aromatic rings. The molecule has 0 saturated heterocycles. The molecule has 0 atom stereocenters. The molecule has 3 aromatic heterocycles. The molecule has 11 nitrogen and oxygen atoms in total. The van der Waals surface area contributed by atoms with Crippen molar-refractivity contribution in [1.82, 2.24) is 39.2 Å². The number of imidazole rings is 1. The predicted molar refractivity (Wildman–Crippen MR) is 136 cm³/mol. The Morgan fingerprint density at radius 1 is 1.14 bits per heavy atom. The van der Waals surface area contributed by atoms with Gasteiger partial charge in [-0.25, -0.2) is 19.4 Å². The number of fused-ring (bicyclic) bond motifs is 1. The molecule has 0 aliphatic rings. The number of aromatic amines is 1. The number of benzene rings is 1. The summed E-state index contributed by atoms with van der Waals surface area (Å²) in [6, 6.07) is 7.70. The van der Waals surface area contributed by atoms with Crippen LogP contribution in [-0.2, 0) is 30.8 Å². The fourth-order valence-corrected chi connectivity index (χ4v) is 4.12. The van der Waals surface area contributed by atoms with Gasteiger partial charge < -0.3 is 9.88 Å². The van der Waals surface area contributed by atoms with Crippen LogP contribution >= 0.6 is 0 Å². The van der Waals surface area contributed by atoms with Crippen molar-refractivity contribution in [1.29, 1.82) is 0 Å². The van der Waals surface area contributed by atoms with Gasteiger partial charge in [0.1, 0.15) is 18.5 Å². The summed E-state index contributed by atoms with van der Waals surface area (Å²) < 4.78 is 5.05. The summed E-state index contributed by atoms with van der Waals surface area (Å²) in [6.07, 6.45) is 5.39. The Morgan fingerprint density at radius 2 is 1.92 bits per heavy atom. The molecule has 11 heteroatoms. The van der Waals surface area contributed by atoms with Crippen molar-refractivity contribution >= 4 is 17.1 Å². The number of hydrogen-bond acceptors (Lipinski definition) is 6. The predicted octanol–water partition coefficient (Wildman–Crippen LogP) is 2.17. The highest BCUT2D eigenvalue weighted by atomic mass is 16.2. The van der Waals surface area contributed by atoms with E-state index in [-0.39, 0.29) is 18.2 Å². The number of aryl methyl sites for hydroxylation is 2. The van der Waals surface area contributed by atoms with E-state index in [1.807, 2.05) is 35.8 Å². The van der Waals surface area contributed by atoms with E-state index in [2.05, 4.69) is 39.2 Å². The number of carbonyl (C=O) groups is 1. The van der Waals surface area contributed by atoms with Gasteiger partial charge in [-0.15, -0.1) is 0 Å². The van der Waals surface area contributed by atoms with Crippen LogP contribution < -0.4 is 16.6 Å². The number of amides is 1. The molecular formula is C25H32N8O3. The molecule has 0 saturated carbocycles. The van der Waals surface area contributed by atoms with Crippen LogP contribution in [0.3, 0.4) is 0 Å². The Bertz CT molecular complexity index is 1430. The quantitative estimate of drug-likeness (QED) is 0.330. The maximum absolute atomic E-state index is 12.7. The van der Waals surface area contributed by atoms with Gasteiger partial charge >= 0.3 is 5.69 Å². The lowest BCUT2D eigenvalue weighted by molar-refractivity contribution is -0.121. The highest BCUT2D eigenvalue weighted by molar-refractivity contribution is 5.76. The van der Waals surface area contributed by atoms with Crippen molar-refractivity contribution in [3.05, 3.63) is 69.1 Å². The summed E-state index contributed by atoms with van der Waals surface area (Å²) >= 11 is 0. The molecule has 1 aromatic carbocycles. The third-order valence-corrected chi connectivity index (χ3v) is 5.93. The van der Waals surface area contributed by atoms with Crippen LogP contribution in [0.5, 0.6) is 0 Å². The molecule has 190 valence electrons. The Labute approximate surface area is 208 Å². The smallest absolute Gasteiger partial charge is 0.330 e. The maximum Gasteiger partial charge on any atom is 0.330 e. The largest absolute Gasteiger partial charge is 0.352 e. The zero-order chi connectivity index (χ0) is 25.7. The molecule has 36 heavy (non-hydrogen) atoms. The lowest BCUT2D eigenvalue weighted by atomic mass is 10.2. The van der Waals surface area contributed by atoms with Crippen LogP contribution in [0.1, 0.15) is 51.4 Å². The molecule has 0 aliphatic carbocycles. The first-order valence-corrected chi connectivity index (χ1v) is 12.3. The summed E-state index contributed by atoms with van der Waals surface area (Å²) in [5.41, 5.74) is 1.74. The maximum atomic E-state index is 12.7. The third kappa shape index (κ3) is 5.61. The van der Waals surface area contributed by atoms with Gasteiger partial charge in [-0.05, 0) is 30.0 Å². The molecule has 0 radical (unpaired) electrons. The summed E-state index contributed by atoms with van der Waals surface area (Å²) in [7, 11) is 0. The monoisotopic (exact) mass is 492 g/mol. The molecule has 2 N–H and O–H groups in total. The summed E-state index contributed by atoms with van der Waals surface area (Å²) in [5.74, 6) is 0.772. The normalized spacial score (nSPS) is 11.4. The summed E-state index contributed by atoms with van der Waals surface area (Å²) in [6.45, 7) is 7.60. The first kappa shape index (κ1) is 25.1. The van der Waals surface area contributed by atoms with Gasteiger partial charge in [-0.2, -0.15) is 5.10 Å². The Morgan fingerprint density at radius 3 is 2.58 bits per heavy atom. The second-order valence-corrected chi connectivity index (χ2v) is 9.25. The zero-order valence-corrected chi connectivity index (χ0v) is 20.9. The van der Waals surface area contributed by atoms with Crippen molar-refractivity contribution in [3.8, 4) is 5.69 Å². The van der Waals surface area contributed by atoms with Crippen LogP contribution in [0.15, 0.2) is 46.5 Å². The minimum atomic E-state index is -0.450. The van der Waals surface area contributed by atoms with Crippen molar-refractivity contribution < 1.29 is 4.79 Å². The Balaban J connectivity index is 1.47. The number of nitrogens with zero attached hydrogens (tertiary/aromatic N) is 6. The average molecular weight is 493 g/mol. The number of unbranched alkanes of at least 4 members (excludes halogenated alkanes) is 1. The van der Waals surface area contributed by atoms with E-state index in [4.69, 9.17) is 0 Å². The van der Waals surface area contributed by atoms with E-state index in [1.165, 1.54) is 10.9 Å². The van der Waals surface area contributed by atoms with Gasteiger partial charge in [-0.3, -0.25) is 19.1 Å². The van der Waals surface area contributed by atoms with E-state index < -0.39 is 11.2 Å². The van der Waals surface area contributed by atoms with Gasteiger partial charge in [0.25, 0.3) is 5.56 Å². The molecule has 4 rings (SSSR count). The van der Waals surface area contributed by atoms with Gasteiger partial charge in [-0.1, -0.05) is 39.3 Å². The van der Waals surface area contributed by atoms with Crippen molar-refractivity contribution in [3.63, 3.8) is 0 Å². The van der Waals surface area contributed by atoms with Crippen LogP contribution in [0, 0.1) is 5.92 Å². The molecule has 0 fully saturated rings. The minimum Gasteiger partial charge on any atom is -0.352 e. The lowest BCUT2D eigenvalue weighted by Gasteiger charge is -2.12. The van der Waals surface area contributed by atoms with Gasteiger partial charge in [0.05, 0.1) is 5.69 Å². The summed E-state index contributed by atoms with van der Waals surface area (Å²) in [5, 5.41) is 7.05. The fourth-order valence-electron chi connectivity index (χ4n) is 4.12. The number of carbonyl (C=O) groups excluding carboxylic acids is 1. The van der Waals surface area contributed by atoms with E-state index >= 15 is 0 Å². The van der Waals surface area contributed by atoms with Crippen molar-refractivity contribution in [2.45, 2.75) is 66.1 Å². The van der Waals surface area contributed by atoms with Crippen LogP contribution in [0.25, 0.3) is 16.9 Å². The number of rotatable bonds is 11. The molecular weight excluding hydrogens is 460 g/mol. The van der Waals surface area contributed by atoms with Crippen molar-refractivity contribution in [2.75, 3.05) is 0 Å². The topological polar surface area (TPSA) is 132 Å². The molecule has 0 unspecified atom stereocenters. The van der Waals surface area contributed by atoms with E-state index in [0.29, 0.717) is 43.0 Å². The van der Waals surface area contributed by atoms with Gasteiger partial charge in [0.2, 0.25) is 5.91 Å². The number of aromatic nitrogens is 7. The van der Waals surface area contributed by atoms with E-state index in [0.717, 1.165) is 24.1 Å². The number of nitrogens with one attached hydrogen (secondary N) is 2. The Kier molecular flexibility index (Phi) is 7.77. The van der Waals surface area contributed by atoms with E-state index in [1.54, 1.807) is 11.0 Å². The van der Waals surface area contributed by atoms with Crippen LogP contribution in [0.4, 0.5) is 0 Å². The molecule has 0 spiro atoms. The van der Waals surface area contributed by atoms with Gasteiger partial charge in [0, 0.05) is 32.5 Å². The first-order chi connectivity index (χ1) is 17.4. The van der Waals surface area contributed by atoms with Gasteiger partial charge in [0.15, 0.2) is 11.2 Å². The van der Waals surface area contributed by atoms with Crippen molar-refractivity contribution in [2.24, 2.45) is 5.92 Å². The third-order valence-electron chi connectivity index (χ3n) is 5.93. The highest BCUT2D eigenvalue weighted by Gasteiger charge is 2.19. The second kappa shape index (κ2) is 11.1. The fraction of sp³-hybridized carbons (Fsp3) is 0.440. The SMILES string of the molecule is CCCCn1c(=O)[nH]c(=O)c2c1nc(CCC(=O)NCc1ccc(-n3cncn3)cc1)n2CC(C)C. The Hall–Kier alpha value is -4.02. The number of hydrogen-bond donors (Lipinski definition) is 2. The summed E-state index contributed by atoms with van der Waals surface area (Å²) in [4.78, 5) is 48.9. The molecule has 0 bridgehead atoms. The zero-order valence-electron chi connectivity index (χ0n) is 20.9. The minimum absolute atomic E-state index is 0.115. The van der Waals surface area contributed by atoms with E-state index in [9.17, 15) is 14.4 Å². The second-order valence-electron chi connectivity index (χ2n) is 9.25. The van der Waals surface area contributed by atoms with Crippen LogP contribution in [-0.4, -0.2) is 39.8 Å². The number of H-pyrrole nitrogens is 1. The lowest BCUT2D eigenvalue weighted by Crippen LogP contribution is -2.31.